The van der Waals surface area contributed by atoms with Gasteiger partial charge < -0.3 is 10.1 Å². The summed E-state index contributed by atoms with van der Waals surface area (Å²) < 4.78 is 6.85. The molecule has 112 valence electrons. The third-order valence-electron chi connectivity index (χ3n) is 3.40. The lowest BCUT2D eigenvalue weighted by Crippen LogP contribution is -2.21. The van der Waals surface area contributed by atoms with Crippen molar-refractivity contribution in [2.75, 3.05) is 6.54 Å². The average Bonchev–Trinajstić information content (AvgIpc) is 2.52. The van der Waals surface area contributed by atoms with Crippen molar-refractivity contribution in [1.82, 2.24) is 5.32 Å². The molecule has 0 bridgehead atoms. The van der Waals surface area contributed by atoms with Crippen LogP contribution in [0.25, 0.3) is 0 Å². The van der Waals surface area contributed by atoms with Crippen LogP contribution in [0.3, 0.4) is 0 Å². The summed E-state index contributed by atoms with van der Waals surface area (Å²) in [7, 11) is 0. The molecule has 0 radical (unpaired) electrons. The van der Waals surface area contributed by atoms with Gasteiger partial charge in [-0.05, 0) is 65.1 Å². The third kappa shape index (κ3) is 4.58. The maximum Gasteiger partial charge on any atom is 0.141 e. The Bertz CT molecular complexity index is 553. The predicted molar refractivity (Wildman–Crippen MR) is 92.0 cm³/mol. The van der Waals surface area contributed by atoms with Crippen molar-refractivity contribution >= 4 is 15.9 Å². The van der Waals surface area contributed by atoms with Crippen LogP contribution in [0, 0.1) is 0 Å². The predicted octanol–water partition coefficient (Wildman–Crippen LogP) is 5.69. The van der Waals surface area contributed by atoms with Gasteiger partial charge >= 0.3 is 0 Å². The van der Waals surface area contributed by atoms with E-state index in [1.54, 1.807) is 0 Å². The Kier molecular flexibility index (Phi) is 6.27. The molecule has 1 unspecified atom stereocenters. The summed E-state index contributed by atoms with van der Waals surface area (Å²) in [5.74, 6) is 1.69. The van der Waals surface area contributed by atoms with Gasteiger partial charge in [0.15, 0.2) is 0 Å². The number of hydrogen-bond donors (Lipinski definition) is 1. The van der Waals surface area contributed by atoms with Crippen LogP contribution in [0.5, 0.6) is 11.5 Å². The van der Waals surface area contributed by atoms with Gasteiger partial charge in [0.2, 0.25) is 0 Å². The van der Waals surface area contributed by atoms with Crippen molar-refractivity contribution < 1.29 is 4.74 Å². The molecular formula is C18H22BrNO. The van der Waals surface area contributed by atoms with Crippen LogP contribution in [-0.4, -0.2) is 6.54 Å². The highest BCUT2D eigenvalue weighted by Crippen LogP contribution is 2.30. The molecule has 0 aliphatic rings. The minimum Gasteiger partial charge on any atom is -0.456 e. The van der Waals surface area contributed by atoms with Gasteiger partial charge in [0, 0.05) is 6.04 Å². The number of ether oxygens (including phenoxy) is 1. The fourth-order valence-electron chi connectivity index (χ4n) is 2.24. The zero-order valence-electron chi connectivity index (χ0n) is 12.6. The van der Waals surface area contributed by atoms with E-state index in [0.717, 1.165) is 35.4 Å². The lowest BCUT2D eigenvalue weighted by atomic mass is 10.0. The summed E-state index contributed by atoms with van der Waals surface area (Å²) in [6, 6.07) is 16.6. The molecule has 2 aromatic carbocycles. The van der Waals surface area contributed by atoms with E-state index in [-0.39, 0.29) is 0 Å². The van der Waals surface area contributed by atoms with E-state index >= 15 is 0 Å². The minimum absolute atomic E-state index is 0.419. The monoisotopic (exact) mass is 347 g/mol. The molecule has 0 spiro atoms. The van der Waals surface area contributed by atoms with E-state index in [4.69, 9.17) is 4.74 Å². The molecule has 0 heterocycles. The van der Waals surface area contributed by atoms with E-state index in [1.807, 2.05) is 36.4 Å². The van der Waals surface area contributed by atoms with Crippen LogP contribution in [0.4, 0.5) is 0 Å². The van der Waals surface area contributed by atoms with Gasteiger partial charge in [-0.1, -0.05) is 38.1 Å². The molecule has 2 nitrogen and oxygen atoms in total. The summed E-state index contributed by atoms with van der Waals surface area (Å²) in [4.78, 5) is 0. The van der Waals surface area contributed by atoms with Crippen molar-refractivity contribution in [3.05, 3.63) is 58.6 Å². The molecule has 21 heavy (non-hydrogen) atoms. The van der Waals surface area contributed by atoms with E-state index < -0.39 is 0 Å². The number of halogens is 1. The van der Waals surface area contributed by atoms with E-state index in [1.165, 1.54) is 5.56 Å². The Balaban J connectivity index is 2.06. The van der Waals surface area contributed by atoms with Crippen molar-refractivity contribution in [1.29, 1.82) is 0 Å². The van der Waals surface area contributed by atoms with Crippen molar-refractivity contribution in [2.24, 2.45) is 0 Å². The maximum absolute atomic E-state index is 5.89. The zero-order valence-corrected chi connectivity index (χ0v) is 14.2. The molecule has 0 amide bonds. The van der Waals surface area contributed by atoms with Crippen LogP contribution in [0.15, 0.2) is 53.0 Å². The summed E-state index contributed by atoms with van der Waals surface area (Å²) >= 11 is 3.50. The van der Waals surface area contributed by atoms with Crippen LogP contribution >= 0.6 is 15.9 Å². The Morgan fingerprint density at radius 1 is 1.05 bits per heavy atom. The summed E-state index contributed by atoms with van der Waals surface area (Å²) in [6.45, 7) is 5.45. The van der Waals surface area contributed by atoms with Gasteiger partial charge in [0.25, 0.3) is 0 Å². The lowest BCUT2D eigenvalue weighted by molar-refractivity contribution is 0.477. The standard InChI is InChI=1S/C18H22BrNO/c1-3-13-20-17(4-2)14-9-11-15(12-10-14)21-18-8-6-5-7-16(18)19/h5-12,17,20H,3-4,13H2,1-2H3. The quantitative estimate of drug-likeness (QED) is 0.694. The van der Waals surface area contributed by atoms with Gasteiger partial charge in [0.05, 0.1) is 4.47 Å². The molecule has 2 aromatic rings. The second kappa shape index (κ2) is 8.20. The number of rotatable bonds is 7. The number of benzene rings is 2. The van der Waals surface area contributed by atoms with Gasteiger partial charge in [-0.25, -0.2) is 0 Å². The normalized spacial score (nSPS) is 12.1. The highest BCUT2D eigenvalue weighted by atomic mass is 79.9. The molecule has 0 saturated heterocycles. The van der Waals surface area contributed by atoms with Crippen molar-refractivity contribution in [2.45, 2.75) is 32.7 Å². The zero-order chi connectivity index (χ0) is 15.1. The number of hydrogen-bond acceptors (Lipinski definition) is 2. The minimum atomic E-state index is 0.419. The first-order valence-electron chi connectivity index (χ1n) is 7.50. The first kappa shape index (κ1) is 16.1. The number of para-hydroxylation sites is 1. The van der Waals surface area contributed by atoms with Crippen LogP contribution in [-0.2, 0) is 0 Å². The Morgan fingerprint density at radius 3 is 2.38 bits per heavy atom. The second-order valence-corrected chi connectivity index (χ2v) is 5.87. The Morgan fingerprint density at radius 2 is 1.76 bits per heavy atom. The Hall–Kier alpha value is -1.32. The van der Waals surface area contributed by atoms with E-state index in [9.17, 15) is 0 Å². The highest BCUT2D eigenvalue weighted by molar-refractivity contribution is 9.10. The van der Waals surface area contributed by atoms with Crippen LogP contribution in [0.1, 0.15) is 38.3 Å². The summed E-state index contributed by atoms with van der Waals surface area (Å²) in [5, 5.41) is 3.57. The second-order valence-electron chi connectivity index (χ2n) is 5.02. The van der Waals surface area contributed by atoms with Gasteiger partial charge in [-0.2, -0.15) is 0 Å². The van der Waals surface area contributed by atoms with E-state index in [2.05, 4.69) is 47.2 Å². The fraction of sp³-hybridized carbons (Fsp3) is 0.333. The lowest BCUT2D eigenvalue weighted by Gasteiger charge is -2.17. The number of nitrogens with one attached hydrogen (secondary N) is 1. The topological polar surface area (TPSA) is 21.3 Å². The SMILES string of the molecule is CCCNC(CC)c1ccc(Oc2ccccc2Br)cc1. The first-order valence-corrected chi connectivity index (χ1v) is 8.29. The molecule has 1 atom stereocenters. The molecule has 0 fully saturated rings. The molecule has 0 saturated carbocycles. The van der Waals surface area contributed by atoms with Crippen molar-refractivity contribution in [3.8, 4) is 11.5 Å². The average molecular weight is 348 g/mol. The molecule has 0 aliphatic heterocycles. The summed E-state index contributed by atoms with van der Waals surface area (Å²) in [5.41, 5.74) is 1.31. The molecule has 3 heteroatoms. The molecular weight excluding hydrogens is 326 g/mol. The largest absolute Gasteiger partial charge is 0.456 e. The van der Waals surface area contributed by atoms with Gasteiger partial charge in [-0.3, -0.25) is 0 Å². The molecule has 0 aromatic heterocycles. The molecule has 1 N–H and O–H groups in total. The fourth-order valence-corrected chi connectivity index (χ4v) is 2.60. The highest BCUT2D eigenvalue weighted by Gasteiger charge is 2.08. The first-order chi connectivity index (χ1) is 10.2. The van der Waals surface area contributed by atoms with Gasteiger partial charge in [0.1, 0.15) is 11.5 Å². The summed E-state index contributed by atoms with van der Waals surface area (Å²) in [6.07, 6.45) is 2.24. The van der Waals surface area contributed by atoms with Gasteiger partial charge in [-0.15, -0.1) is 0 Å². The van der Waals surface area contributed by atoms with Crippen LogP contribution in [0.2, 0.25) is 0 Å². The maximum atomic E-state index is 5.89. The smallest absolute Gasteiger partial charge is 0.141 e. The Labute approximate surface area is 135 Å². The third-order valence-corrected chi connectivity index (χ3v) is 4.05. The van der Waals surface area contributed by atoms with Crippen molar-refractivity contribution in [3.63, 3.8) is 0 Å². The van der Waals surface area contributed by atoms with Crippen LogP contribution < -0.4 is 10.1 Å². The molecule has 2 rings (SSSR count). The molecule has 0 aliphatic carbocycles. The van der Waals surface area contributed by atoms with E-state index in [0.29, 0.717) is 6.04 Å².